The number of nitrogens with zero attached hydrogens (tertiary/aromatic N) is 1. The topological polar surface area (TPSA) is 64.1 Å². The van der Waals surface area contributed by atoms with Gasteiger partial charge in [-0.05, 0) is 26.0 Å². The van der Waals surface area contributed by atoms with E-state index in [0.29, 0.717) is 19.8 Å². The van der Waals surface area contributed by atoms with E-state index < -0.39 is 0 Å². The van der Waals surface area contributed by atoms with Gasteiger partial charge in [0.05, 0.1) is 13.2 Å². The molecule has 2 rings (SSSR count). The Bertz CT molecular complexity index is 493. The molecule has 2 atom stereocenters. The third kappa shape index (κ3) is 4.80. The van der Waals surface area contributed by atoms with E-state index in [-0.39, 0.29) is 12.1 Å². The number of aliphatic imine (C=N–C) groups is 1. The fourth-order valence-corrected chi connectivity index (χ4v) is 2.19. The highest BCUT2D eigenvalue weighted by molar-refractivity contribution is 5.80. The van der Waals surface area contributed by atoms with Gasteiger partial charge in [0.15, 0.2) is 23.6 Å². The van der Waals surface area contributed by atoms with Gasteiger partial charge < -0.3 is 24.8 Å². The van der Waals surface area contributed by atoms with Crippen molar-refractivity contribution in [2.24, 2.45) is 4.99 Å². The first-order valence-corrected chi connectivity index (χ1v) is 7.65. The second-order valence-electron chi connectivity index (χ2n) is 5.22. The molecule has 0 aliphatic carbocycles. The molecule has 1 aliphatic heterocycles. The maximum atomic E-state index is 5.90. The summed E-state index contributed by atoms with van der Waals surface area (Å²) < 4.78 is 16.7. The molecule has 1 aliphatic rings. The van der Waals surface area contributed by atoms with Gasteiger partial charge in [-0.25, -0.2) is 4.99 Å². The van der Waals surface area contributed by atoms with Crippen molar-refractivity contribution in [1.29, 1.82) is 0 Å². The van der Waals surface area contributed by atoms with Crippen molar-refractivity contribution < 1.29 is 14.2 Å². The lowest BCUT2D eigenvalue weighted by Gasteiger charge is -2.25. The highest BCUT2D eigenvalue weighted by atomic mass is 16.6. The van der Waals surface area contributed by atoms with Gasteiger partial charge in [-0.2, -0.15) is 0 Å². The minimum atomic E-state index is -0.0805. The Kier molecular flexibility index (Phi) is 6.33. The highest BCUT2D eigenvalue weighted by Gasteiger charge is 2.20. The molecule has 0 bridgehead atoms. The second kappa shape index (κ2) is 8.48. The van der Waals surface area contributed by atoms with Crippen molar-refractivity contribution in [3.63, 3.8) is 0 Å². The standard InChI is InChI=1S/C16H25N3O3/c1-4-17-16(19-12(2)10-20-3)18-9-13-11-21-14-7-5-6-8-15(14)22-13/h5-8,12-13H,4,9-11H2,1-3H3,(H2,17,18,19). The molecule has 1 aromatic carbocycles. The van der Waals surface area contributed by atoms with Gasteiger partial charge >= 0.3 is 0 Å². The molecule has 1 aromatic rings. The van der Waals surface area contributed by atoms with Crippen LogP contribution in [0.15, 0.2) is 29.3 Å². The number of fused-ring (bicyclic) bond motifs is 1. The first kappa shape index (κ1) is 16.4. The number of benzene rings is 1. The number of hydrogen-bond donors (Lipinski definition) is 2. The third-order valence-corrected chi connectivity index (χ3v) is 3.16. The zero-order valence-corrected chi connectivity index (χ0v) is 13.5. The third-order valence-electron chi connectivity index (χ3n) is 3.16. The van der Waals surface area contributed by atoms with Crippen LogP contribution in [0.4, 0.5) is 0 Å². The molecule has 0 radical (unpaired) electrons. The molecule has 0 spiro atoms. The van der Waals surface area contributed by atoms with Crippen molar-refractivity contribution in [3.05, 3.63) is 24.3 Å². The normalized spacial score (nSPS) is 18.7. The lowest BCUT2D eigenvalue weighted by molar-refractivity contribution is 0.0971. The molecular weight excluding hydrogens is 282 g/mol. The molecule has 0 amide bonds. The lowest BCUT2D eigenvalue weighted by Crippen LogP contribution is -2.44. The van der Waals surface area contributed by atoms with Crippen LogP contribution < -0.4 is 20.1 Å². The van der Waals surface area contributed by atoms with Gasteiger partial charge in [0.25, 0.3) is 0 Å². The van der Waals surface area contributed by atoms with Gasteiger partial charge in [0.1, 0.15) is 6.61 Å². The minimum Gasteiger partial charge on any atom is -0.486 e. The predicted molar refractivity (Wildman–Crippen MR) is 86.8 cm³/mol. The van der Waals surface area contributed by atoms with Gasteiger partial charge in [-0.15, -0.1) is 0 Å². The summed E-state index contributed by atoms with van der Waals surface area (Å²) in [5.41, 5.74) is 0. The lowest BCUT2D eigenvalue weighted by atomic mass is 10.2. The van der Waals surface area contributed by atoms with E-state index in [1.807, 2.05) is 38.1 Å². The molecule has 122 valence electrons. The first-order chi connectivity index (χ1) is 10.7. The van der Waals surface area contributed by atoms with Crippen molar-refractivity contribution in [3.8, 4) is 11.5 Å². The van der Waals surface area contributed by atoms with Crippen LogP contribution in [0.25, 0.3) is 0 Å². The molecule has 2 unspecified atom stereocenters. The summed E-state index contributed by atoms with van der Waals surface area (Å²) in [6.07, 6.45) is -0.0805. The van der Waals surface area contributed by atoms with E-state index in [1.165, 1.54) is 0 Å². The van der Waals surface area contributed by atoms with Crippen molar-refractivity contribution in [2.45, 2.75) is 26.0 Å². The van der Waals surface area contributed by atoms with Crippen LogP contribution in [0.1, 0.15) is 13.8 Å². The second-order valence-corrected chi connectivity index (χ2v) is 5.22. The number of rotatable bonds is 6. The molecule has 1 heterocycles. The number of ether oxygens (including phenoxy) is 3. The molecule has 2 N–H and O–H groups in total. The predicted octanol–water partition coefficient (Wildman–Crippen LogP) is 1.42. The Labute approximate surface area is 131 Å². The zero-order valence-electron chi connectivity index (χ0n) is 13.5. The molecule has 22 heavy (non-hydrogen) atoms. The minimum absolute atomic E-state index is 0.0805. The van der Waals surface area contributed by atoms with E-state index in [2.05, 4.69) is 15.6 Å². The smallest absolute Gasteiger partial charge is 0.191 e. The van der Waals surface area contributed by atoms with Crippen molar-refractivity contribution in [1.82, 2.24) is 10.6 Å². The molecule has 6 heteroatoms. The molecule has 0 saturated heterocycles. The van der Waals surface area contributed by atoms with Crippen LogP contribution in [0.3, 0.4) is 0 Å². The molecule has 0 saturated carbocycles. The Morgan fingerprint density at radius 2 is 2.18 bits per heavy atom. The average Bonchev–Trinajstić information content (AvgIpc) is 2.53. The summed E-state index contributed by atoms with van der Waals surface area (Å²) in [6, 6.07) is 7.88. The highest BCUT2D eigenvalue weighted by Crippen LogP contribution is 2.30. The Morgan fingerprint density at radius 3 is 2.91 bits per heavy atom. The Balaban J connectivity index is 1.90. The number of guanidine groups is 1. The molecule has 0 fully saturated rings. The van der Waals surface area contributed by atoms with Gasteiger partial charge in [-0.1, -0.05) is 12.1 Å². The van der Waals surface area contributed by atoms with E-state index in [9.17, 15) is 0 Å². The van der Waals surface area contributed by atoms with E-state index in [4.69, 9.17) is 14.2 Å². The Morgan fingerprint density at radius 1 is 1.41 bits per heavy atom. The number of nitrogens with one attached hydrogen (secondary N) is 2. The zero-order chi connectivity index (χ0) is 15.8. The van der Waals surface area contributed by atoms with Gasteiger partial charge in [0.2, 0.25) is 0 Å². The number of hydrogen-bond acceptors (Lipinski definition) is 4. The van der Waals surface area contributed by atoms with E-state index in [1.54, 1.807) is 7.11 Å². The Hall–Kier alpha value is -1.95. The van der Waals surface area contributed by atoms with Crippen LogP contribution >= 0.6 is 0 Å². The molecule has 0 aromatic heterocycles. The maximum Gasteiger partial charge on any atom is 0.191 e. The fraction of sp³-hybridized carbons (Fsp3) is 0.562. The first-order valence-electron chi connectivity index (χ1n) is 7.65. The summed E-state index contributed by atoms with van der Waals surface area (Å²) in [7, 11) is 1.69. The van der Waals surface area contributed by atoms with Crippen molar-refractivity contribution in [2.75, 3.05) is 33.4 Å². The van der Waals surface area contributed by atoms with E-state index in [0.717, 1.165) is 24.0 Å². The van der Waals surface area contributed by atoms with Crippen molar-refractivity contribution >= 4 is 5.96 Å². The van der Waals surface area contributed by atoms with Crippen LogP contribution in [0.2, 0.25) is 0 Å². The summed E-state index contributed by atoms with van der Waals surface area (Å²) in [5.74, 6) is 2.33. The maximum absolute atomic E-state index is 5.90. The van der Waals surface area contributed by atoms with Crippen LogP contribution in [-0.4, -0.2) is 51.5 Å². The molecular formula is C16H25N3O3. The SMILES string of the molecule is CCNC(=NCC1COc2ccccc2O1)NC(C)COC. The van der Waals surface area contributed by atoms with Gasteiger partial charge in [0, 0.05) is 19.7 Å². The monoisotopic (exact) mass is 307 g/mol. The summed E-state index contributed by atoms with van der Waals surface area (Å²) in [5, 5.41) is 6.51. The largest absolute Gasteiger partial charge is 0.486 e. The average molecular weight is 307 g/mol. The quantitative estimate of drug-likeness (QED) is 0.615. The number of methoxy groups -OCH3 is 1. The van der Waals surface area contributed by atoms with E-state index >= 15 is 0 Å². The summed E-state index contributed by atoms with van der Waals surface area (Å²) in [6.45, 7) is 6.55. The van der Waals surface area contributed by atoms with Crippen LogP contribution in [0, 0.1) is 0 Å². The summed E-state index contributed by atoms with van der Waals surface area (Å²) >= 11 is 0. The van der Waals surface area contributed by atoms with Gasteiger partial charge in [-0.3, -0.25) is 0 Å². The van der Waals surface area contributed by atoms with Crippen LogP contribution in [-0.2, 0) is 4.74 Å². The summed E-state index contributed by atoms with van der Waals surface area (Å²) in [4.78, 5) is 4.57. The van der Waals surface area contributed by atoms with Crippen LogP contribution in [0.5, 0.6) is 11.5 Å². The fourth-order valence-electron chi connectivity index (χ4n) is 2.19. The number of para-hydroxylation sites is 2. The molecule has 6 nitrogen and oxygen atoms in total.